The van der Waals surface area contributed by atoms with E-state index in [1.165, 1.54) is 5.69 Å². The van der Waals surface area contributed by atoms with Crippen molar-refractivity contribution in [2.45, 2.75) is 44.7 Å². The van der Waals surface area contributed by atoms with E-state index in [0.717, 1.165) is 66.0 Å². The Bertz CT molecular complexity index is 1360. The molecule has 2 aliphatic rings. The van der Waals surface area contributed by atoms with Crippen molar-refractivity contribution in [2.75, 3.05) is 13.1 Å². The number of amides is 2. The van der Waals surface area contributed by atoms with Gasteiger partial charge in [-0.1, -0.05) is 0 Å². The highest BCUT2D eigenvalue weighted by Crippen LogP contribution is 2.44. The number of pyridine rings is 1. The van der Waals surface area contributed by atoms with E-state index < -0.39 is 0 Å². The lowest BCUT2D eigenvalue weighted by Crippen LogP contribution is -2.43. The molecule has 33 heavy (non-hydrogen) atoms. The monoisotopic (exact) mass is 444 g/mol. The molecular formula is C24H28N8O. The van der Waals surface area contributed by atoms with Crippen molar-refractivity contribution < 1.29 is 4.79 Å². The van der Waals surface area contributed by atoms with Gasteiger partial charge in [0, 0.05) is 78.9 Å². The standard InChI is InChI=1S/C24H28N8O/c1-15(2)28-23(33)31-8-5-24(14-31)6-9-32-21(24)11-19(29-32)16-10-17-18(13-26-22(17)25-12-16)20-4-7-27-30(20)3/h4,7,10-13,15H,5-6,8-9,14H2,1-3H3,(H,25,26)(H,28,33). The highest BCUT2D eigenvalue weighted by molar-refractivity contribution is 5.94. The van der Waals surface area contributed by atoms with Gasteiger partial charge in [0.15, 0.2) is 0 Å². The van der Waals surface area contributed by atoms with Crippen LogP contribution in [0.25, 0.3) is 33.5 Å². The first-order valence-corrected chi connectivity index (χ1v) is 11.5. The van der Waals surface area contributed by atoms with Gasteiger partial charge in [-0.25, -0.2) is 9.78 Å². The van der Waals surface area contributed by atoms with Gasteiger partial charge in [-0.3, -0.25) is 9.36 Å². The van der Waals surface area contributed by atoms with Crippen molar-refractivity contribution in [1.29, 1.82) is 0 Å². The minimum Gasteiger partial charge on any atom is -0.345 e. The summed E-state index contributed by atoms with van der Waals surface area (Å²) in [6, 6.07) is 6.54. The number of aromatic amines is 1. The molecule has 2 aliphatic heterocycles. The van der Waals surface area contributed by atoms with Crippen molar-refractivity contribution >= 4 is 17.1 Å². The molecule has 0 radical (unpaired) electrons. The van der Waals surface area contributed by atoms with Crippen LogP contribution in [-0.4, -0.2) is 59.6 Å². The third-order valence-corrected chi connectivity index (χ3v) is 7.10. The Morgan fingerprint density at radius 1 is 1.24 bits per heavy atom. The largest absolute Gasteiger partial charge is 0.345 e. The predicted molar refractivity (Wildman–Crippen MR) is 126 cm³/mol. The van der Waals surface area contributed by atoms with Crippen LogP contribution in [-0.2, 0) is 19.0 Å². The van der Waals surface area contributed by atoms with Crippen LogP contribution in [0, 0.1) is 0 Å². The number of likely N-dealkylation sites (tertiary alicyclic amines) is 1. The fraction of sp³-hybridized carbons (Fsp3) is 0.417. The molecular weight excluding hydrogens is 416 g/mol. The Balaban J connectivity index is 1.33. The van der Waals surface area contributed by atoms with Crippen LogP contribution in [0.15, 0.2) is 36.8 Å². The van der Waals surface area contributed by atoms with E-state index in [1.807, 2.05) is 48.9 Å². The molecule has 1 spiro atoms. The van der Waals surface area contributed by atoms with Crippen LogP contribution in [0.5, 0.6) is 0 Å². The summed E-state index contributed by atoms with van der Waals surface area (Å²) in [7, 11) is 1.94. The Labute approximate surface area is 191 Å². The van der Waals surface area contributed by atoms with Gasteiger partial charge in [0.05, 0.1) is 11.4 Å². The maximum atomic E-state index is 12.6. The number of nitrogens with one attached hydrogen (secondary N) is 2. The fourth-order valence-corrected chi connectivity index (χ4v) is 5.39. The molecule has 2 amide bonds. The van der Waals surface area contributed by atoms with Gasteiger partial charge in [0.25, 0.3) is 0 Å². The van der Waals surface area contributed by atoms with Gasteiger partial charge in [-0.05, 0) is 44.9 Å². The lowest BCUT2D eigenvalue weighted by Gasteiger charge is -2.24. The molecule has 2 N–H and O–H groups in total. The Morgan fingerprint density at radius 2 is 2.09 bits per heavy atom. The molecule has 9 nitrogen and oxygen atoms in total. The molecule has 6 rings (SSSR count). The van der Waals surface area contributed by atoms with E-state index in [1.54, 1.807) is 6.20 Å². The van der Waals surface area contributed by atoms with E-state index in [4.69, 9.17) is 5.10 Å². The van der Waals surface area contributed by atoms with E-state index in [0.29, 0.717) is 0 Å². The smallest absolute Gasteiger partial charge is 0.317 e. The van der Waals surface area contributed by atoms with Gasteiger partial charge in [0.1, 0.15) is 5.65 Å². The first-order valence-electron chi connectivity index (χ1n) is 11.5. The van der Waals surface area contributed by atoms with Crippen LogP contribution >= 0.6 is 0 Å². The Hall–Kier alpha value is -3.62. The summed E-state index contributed by atoms with van der Waals surface area (Å²) in [6.07, 6.45) is 7.67. The predicted octanol–water partition coefficient (Wildman–Crippen LogP) is 3.29. The molecule has 0 bridgehead atoms. The second-order valence-corrected chi connectivity index (χ2v) is 9.61. The molecule has 1 unspecified atom stereocenters. The van der Waals surface area contributed by atoms with Crippen LogP contribution < -0.4 is 5.32 Å². The molecule has 6 heterocycles. The number of hydrogen-bond donors (Lipinski definition) is 2. The van der Waals surface area contributed by atoms with Gasteiger partial charge in [0.2, 0.25) is 0 Å². The third-order valence-electron chi connectivity index (χ3n) is 7.10. The molecule has 4 aromatic rings. The highest BCUT2D eigenvalue weighted by Gasteiger charge is 2.47. The number of nitrogens with zero attached hydrogens (tertiary/aromatic N) is 6. The number of urea groups is 1. The SMILES string of the molecule is CC(C)NC(=O)N1CCC2(CCn3nc(-c4cnc5[nH]cc(-c6ccnn6C)c5c4)cc32)C1. The van der Waals surface area contributed by atoms with Crippen LogP contribution in [0.1, 0.15) is 32.4 Å². The zero-order chi connectivity index (χ0) is 22.7. The molecule has 1 atom stereocenters. The number of carbonyl (C=O) groups excluding carboxylic acids is 1. The lowest BCUT2D eigenvalue weighted by atomic mass is 9.82. The van der Waals surface area contributed by atoms with Crippen molar-refractivity contribution in [3.8, 4) is 22.5 Å². The highest BCUT2D eigenvalue weighted by atomic mass is 16.2. The molecule has 0 aromatic carbocycles. The van der Waals surface area contributed by atoms with E-state index in [9.17, 15) is 4.79 Å². The van der Waals surface area contributed by atoms with Crippen molar-refractivity contribution in [3.05, 3.63) is 42.5 Å². The maximum absolute atomic E-state index is 12.6. The average Bonchev–Trinajstić information content (AvgIpc) is 3.58. The summed E-state index contributed by atoms with van der Waals surface area (Å²) >= 11 is 0. The molecule has 170 valence electrons. The summed E-state index contributed by atoms with van der Waals surface area (Å²) in [5, 5.41) is 13.3. The zero-order valence-electron chi connectivity index (χ0n) is 19.2. The van der Waals surface area contributed by atoms with Crippen molar-refractivity contribution in [3.63, 3.8) is 0 Å². The van der Waals surface area contributed by atoms with Gasteiger partial charge < -0.3 is 15.2 Å². The number of fused-ring (bicyclic) bond motifs is 3. The second kappa shape index (κ2) is 7.19. The van der Waals surface area contributed by atoms with Crippen LogP contribution in [0.2, 0.25) is 0 Å². The summed E-state index contributed by atoms with van der Waals surface area (Å²) in [5.74, 6) is 0. The fourth-order valence-electron chi connectivity index (χ4n) is 5.39. The van der Waals surface area contributed by atoms with Crippen molar-refractivity contribution in [1.82, 2.24) is 39.7 Å². The minimum atomic E-state index is -0.00887. The zero-order valence-corrected chi connectivity index (χ0v) is 19.2. The number of hydrogen-bond acceptors (Lipinski definition) is 4. The third kappa shape index (κ3) is 3.13. The van der Waals surface area contributed by atoms with Gasteiger partial charge in [-0.15, -0.1) is 0 Å². The van der Waals surface area contributed by atoms with E-state index in [-0.39, 0.29) is 17.5 Å². The molecule has 0 aliphatic carbocycles. The molecule has 1 saturated heterocycles. The first kappa shape index (κ1) is 20.0. The quantitative estimate of drug-likeness (QED) is 0.507. The number of aryl methyl sites for hydroxylation is 2. The number of rotatable bonds is 3. The number of aromatic nitrogens is 6. The van der Waals surface area contributed by atoms with E-state index >= 15 is 0 Å². The number of carbonyl (C=O) groups is 1. The average molecular weight is 445 g/mol. The van der Waals surface area contributed by atoms with Gasteiger partial charge >= 0.3 is 6.03 Å². The summed E-state index contributed by atoms with van der Waals surface area (Å²) in [6.45, 7) is 6.40. The Kier molecular flexibility index (Phi) is 4.36. The van der Waals surface area contributed by atoms with Crippen LogP contribution in [0.4, 0.5) is 4.79 Å². The Morgan fingerprint density at radius 3 is 2.88 bits per heavy atom. The molecule has 4 aromatic heterocycles. The summed E-state index contributed by atoms with van der Waals surface area (Å²) in [4.78, 5) is 22.4. The molecule has 0 saturated carbocycles. The van der Waals surface area contributed by atoms with Gasteiger partial charge in [-0.2, -0.15) is 10.2 Å². The second-order valence-electron chi connectivity index (χ2n) is 9.61. The molecule has 1 fully saturated rings. The first-order chi connectivity index (χ1) is 15.9. The normalized spacial score (nSPS) is 19.8. The summed E-state index contributed by atoms with van der Waals surface area (Å²) < 4.78 is 3.99. The minimum absolute atomic E-state index is 0.00887. The van der Waals surface area contributed by atoms with Crippen LogP contribution in [0.3, 0.4) is 0 Å². The van der Waals surface area contributed by atoms with Crippen molar-refractivity contribution in [2.24, 2.45) is 7.05 Å². The topological polar surface area (TPSA) is 96.7 Å². The summed E-state index contributed by atoms with van der Waals surface area (Å²) in [5.41, 5.74) is 6.11. The molecule has 9 heteroatoms. The maximum Gasteiger partial charge on any atom is 0.317 e. The lowest BCUT2D eigenvalue weighted by molar-refractivity contribution is 0.203. The number of H-pyrrole nitrogens is 1. The van der Waals surface area contributed by atoms with E-state index in [2.05, 4.69) is 37.2 Å².